The number of nitrogens with zero attached hydrogens (tertiary/aromatic N) is 2. The zero-order valence-electron chi connectivity index (χ0n) is 10.3. The van der Waals surface area contributed by atoms with Crippen molar-refractivity contribution in [3.8, 4) is 0 Å². The third kappa shape index (κ3) is 2.24. The van der Waals surface area contributed by atoms with Gasteiger partial charge in [-0.1, -0.05) is 6.07 Å². The van der Waals surface area contributed by atoms with Crippen LogP contribution >= 0.6 is 0 Å². The van der Waals surface area contributed by atoms with Crippen molar-refractivity contribution in [2.75, 3.05) is 12.3 Å². The molecule has 0 saturated heterocycles. The molecule has 1 aromatic carbocycles. The molecule has 94 valence electrons. The highest BCUT2D eigenvalue weighted by atomic mass is 15.0. The van der Waals surface area contributed by atoms with E-state index in [2.05, 4.69) is 27.0 Å². The predicted molar refractivity (Wildman–Crippen MR) is 72.1 cm³/mol. The second-order valence-corrected chi connectivity index (χ2v) is 4.80. The van der Waals surface area contributed by atoms with Crippen LogP contribution in [0.2, 0.25) is 0 Å². The molecule has 3 N–H and O–H groups in total. The average Bonchev–Trinajstić information content (AvgIpc) is 2.99. The highest BCUT2D eigenvalue weighted by Crippen LogP contribution is 2.32. The molecule has 2 aromatic rings. The van der Waals surface area contributed by atoms with Gasteiger partial charge in [0.15, 0.2) is 0 Å². The fraction of sp³-hybridized carbons (Fsp3) is 0.357. The Morgan fingerprint density at radius 2 is 2.39 bits per heavy atom. The van der Waals surface area contributed by atoms with E-state index in [0.29, 0.717) is 6.04 Å². The Labute approximate surface area is 107 Å². The number of hydrogen-bond acceptors (Lipinski definition) is 3. The van der Waals surface area contributed by atoms with Crippen molar-refractivity contribution in [3.63, 3.8) is 0 Å². The van der Waals surface area contributed by atoms with Gasteiger partial charge in [0.1, 0.15) is 0 Å². The smallest absolute Gasteiger partial charge is 0.0946 e. The van der Waals surface area contributed by atoms with E-state index in [1.807, 2.05) is 24.8 Å². The van der Waals surface area contributed by atoms with E-state index in [1.54, 1.807) is 0 Å². The normalized spacial score (nSPS) is 17.9. The molecule has 1 unspecified atom stereocenters. The summed E-state index contributed by atoms with van der Waals surface area (Å²) in [5.41, 5.74) is 9.49. The van der Waals surface area contributed by atoms with Gasteiger partial charge in [-0.25, -0.2) is 4.98 Å². The van der Waals surface area contributed by atoms with Crippen molar-refractivity contribution in [1.82, 2.24) is 14.9 Å². The summed E-state index contributed by atoms with van der Waals surface area (Å²) in [7, 11) is 0. The first kappa shape index (κ1) is 11.3. The largest absolute Gasteiger partial charge is 0.399 e. The first-order valence-corrected chi connectivity index (χ1v) is 6.40. The lowest BCUT2D eigenvalue weighted by Gasteiger charge is -2.14. The maximum absolute atomic E-state index is 5.81. The minimum atomic E-state index is 0.476. The first-order chi connectivity index (χ1) is 8.83. The van der Waals surface area contributed by atoms with Crippen molar-refractivity contribution >= 4 is 5.69 Å². The lowest BCUT2D eigenvalue weighted by Crippen LogP contribution is -2.23. The van der Waals surface area contributed by atoms with Gasteiger partial charge in [-0.3, -0.25) is 0 Å². The van der Waals surface area contributed by atoms with E-state index in [1.165, 1.54) is 17.5 Å². The van der Waals surface area contributed by atoms with Crippen LogP contribution in [0.25, 0.3) is 0 Å². The minimum Gasteiger partial charge on any atom is -0.399 e. The number of imidazole rings is 1. The fourth-order valence-corrected chi connectivity index (χ4v) is 2.64. The molecule has 3 rings (SSSR count). The maximum Gasteiger partial charge on any atom is 0.0946 e. The van der Waals surface area contributed by atoms with E-state index in [-0.39, 0.29) is 0 Å². The predicted octanol–water partition coefficient (Wildman–Crippen LogP) is 1.74. The standard InChI is InChI=1S/C14H18N4/c15-12-2-3-13-11(9-12)1-4-14(13)17-6-8-18-7-5-16-10-18/h2-3,5,7,9-10,14,17H,1,4,6,8,15H2. The van der Waals surface area contributed by atoms with Crippen LogP contribution in [0.1, 0.15) is 23.6 Å². The molecule has 18 heavy (non-hydrogen) atoms. The first-order valence-electron chi connectivity index (χ1n) is 6.40. The Hall–Kier alpha value is -1.81. The summed E-state index contributed by atoms with van der Waals surface area (Å²) in [4.78, 5) is 4.04. The van der Waals surface area contributed by atoms with E-state index < -0.39 is 0 Å². The summed E-state index contributed by atoms with van der Waals surface area (Å²) in [6.45, 7) is 1.92. The summed E-state index contributed by atoms with van der Waals surface area (Å²) < 4.78 is 2.09. The molecule has 0 saturated carbocycles. The molecule has 4 heteroatoms. The maximum atomic E-state index is 5.81. The molecule has 1 atom stereocenters. The third-order valence-corrected chi connectivity index (χ3v) is 3.56. The Bertz CT molecular complexity index is 519. The van der Waals surface area contributed by atoms with Crippen LogP contribution in [0, 0.1) is 0 Å². The number of benzene rings is 1. The van der Waals surface area contributed by atoms with Crippen LogP contribution in [-0.4, -0.2) is 16.1 Å². The number of rotatable bonds is 4. The Morgan fingerprint density at radius 3 is 3.22 bits per heavy atom. The zero-order chi connectivity index (χ0) is 12.4. The van der Waals surface area contributed by atoms with Crippen molar-refractivity contribution in [2.24, 2.45) is 0 Å². The molecule has 0 spiro atoms. The van der Waals surface area contributed by atoms with Gasteiger partial charge in [0.2, 0.25) is 0 Å². The Morgan fingerprint density at radius 1 is 1.44 bits per heavy atom. The monoisotopic (exact) mass is 242 g/mol. The highest BCUT2D eigenvalue weighted by molar-refractivity contribution is 5.47. The molecule has 0 aliphatic heterocycles. The van der Waals surface area contributed by atoms with Gasteiger partial charge in [0, 0.05) is 37.2 Å². The second-order valence-electron chi connectivity index (χ2n) is 4.80. The summed E-state index contributed by atoms with van der Waals surface area (Å²) in [6, 6.07) is 6.73. The van der Waals surface area contributed by atoms with Crippen LogP contribution in [0.5, 0.6) is 0 Å². The van der Waals surface area contributed by atoms with Crippen molar-refractivity contribution in [2.45, 2.75) is 25.4 Å². The molecule has 0 bridgehead atoms. The van der Waals surface area contributed by atoms with Crippen LogP contribution in [-0.2, 0) is 13.0 Å². The SMILES string of the molecule is Nc1ccc2c(c1)CCC2NCCn1ccnc1. The summed E-state index contributed by atoms with van der Waals surface area (Å²) in [5, 5.41) is 3.61. The van der Waals surface area contributed by atoms with Crippen molar-refractivity contribution in [1.29, 1.82) is 0 Å². The third-order valence-electron chi connectivity index (χ3n) is 3.56. The van der Waals surface area contributed by atoms with E-state index in [0.717, 1.165) is 25.2 Å². The number of aromatic nitrogens is 2. The van der Waals surface area contributed by atoms with Crippen molar-refractivity contribution < 1.29 is 0 Å². The van der Waals surface area contributed by atoms with Gasteiger partial charge in [-0.15, -0.1) is 0 Å². The van der Waals surface area contributed by atoms with Gasteiger partial charge in [0.25, 0.3) is 0 Å². The molecule has 0 radical (unpaired) electrons. The van der Waals surface area contributed by atoms with Crippen LogP contribution in [0.15, 0.2) is 36.9 Å². The van der Waals surface area contributed by atoms with Gasteiger partial charge in [-0.2, -0.15) is 0 Å². The molecular formula is C14H18N4. The number of hydrogen-bond donors (Lipinski definition) is 2. The van der Waals surface area contributed by atoms with E-state index >= 15 is 0 Å². The topological polar surface area (TPSA) is 55.9 Å². The number of anilines is 1. The molecule has 4 nitrogen and oxygen atoms in total. The van der Waals surface area contributed by atoms with E-state index in [4.69, 9.17) is 5.73 Å². The van der Waals surface area contributed by atoms with Gasteiger partial charge in [-0.05, 0) is 36.1 Å². The van der Waals surface area contributed by atoms with Gasteiger partial charge >= 0.3 is 0 Å². The highest BCUT2D eigenvalue weighted by Gasteiger charge is 2.21. The van der Waals surface area contributed by atoms with Crippen molar-refractivity contribution in [3.05, 3.63) is 48.0 Å². The fourth-order valence-electron chi connectivity index (χ4n) is 2.64. The number of nitrogens with one attached hydrogen (secondary N) is 1. The Kier molecular flexibility index (Phi) is 3.02. The molecule has 1 aromatic heterocycles. The summed E-state index contributed by atoms with van der Waals surface area (Å²) in [6.07, 6.45) is 7.95. The minimum absolute atomic E-state index is 0.476. The second kappa shape index (κ2) is 4.82. The van der Waals surface area contributed by atoms with Crippen LogP contribution in [0.4, 0.5) is 5.69 Å². The molecule has 1 aliphatic carbocycles. The number of nitrogen functional groups attached to an aromatic ring is 1. The molecule has 1 heterocycles. The van der Waals surface area contributed by atoms with Crippen LogP contribution in [0.3, 0.4) is 0 Å². The van der Waals surface area contributed by atoms with Crippen LogP contribution < -0.4 is 11.1 Å². The average molecular weight is 242 g/mol. The number of nitrogens with two attached hydrogens (primary N) is 1. The Balaban J connectivity index is 1.59. The lowest BCUT2D eigenvalue weighted by molar-refractivity contribution is 0.501. The summed E-state index contributed by atoms with van der Waals surface area (Å²) in [5.74, 6) is 0. The molecule has 0 amide bonds. The number of aryl methyl sites for hydroxylation is 1. The molecule has 0 fully saturated rings. The summed E-state index contributed by atoms with van der Waals surface area (Å²) >= 11 is 0. The molecular weight excluding hydrogens is 224 g/mol. The zero-order valence-corrected chi connectivity index (χ0v) is 10.3. The van der Waals surface area contributed by atoms with Gasteiger partial charge in [0.05, 0.1) is 6.33 Å². The van der Waals surface area contributed by atoms with E-state index in [9.17, 15) is 0 Å². The lowest BCUT2D eigenvalue weighted by atomic mass is 10.1. The molecule has 1 aliphatic rings. The quantitative estimate of drug-likeness (QED) is 0.803. The van der Waals surface area contributed by atoms with Gasteiger partial charge < -0.3 is 15.6 Å². The number of fused-ring (bicyclic) bond motifs is 1.